The minimum atomic E-state index is 0.231. The van der Waals surface area contributed by atoms with Gasteiger partial charge in [-0.25, -0.2) is 0 Å². The summed E-state index contributed by atoms with van der Waals surface area (Å²) in [5.41, 5.74) is 3.28. The highest BCUT2D eigenvalue weighted by molar-refractivity contribution is 5.77. The summed E-state index contributed by atoms with van der Waals surface area (Å²) in [6.07, 6.45) is 3.36. The monoisotopic (exact) mass is 341 g/mol. The molecule has 0 radical (unpaired) electrons. The van der Waals surface area contributed by atoms with Gasteiger partial charge in [0.25, 0.3) is 0 Å². The van der Waals surface area contributed by atoms with Crippen LogP contribution in [0.4, 0.5) is 0 Å². The number of likely N-dealkylation sites (tertiary alicyclic amines) is 1. The van der Waals surface area contributed by atoms with Gasteiger partial charge in [-0.2, -0.15) is 5.10 Å². The van der Waals surface area contributed by atoms with Crippen molar-refractivity contribution in [3.63, 3.8) is 0 Å². The van der Waals surface area contributed by atoms with Gasteiger partial charge in [0, 0.05) is 18.7 Å². The van der Waals surface area contributed by atoms with Gasteiger partial charge in [0.1, 0.15) is 5.75 Å². The van der Waals surface area contributed by atoms with Gasteiger partial charge in [0.2, 0.25) is 5.91 Å². The number of aromatic nitrogens is 2. The summed E-state index contributed by atoms with van der Waals surface area (Å²) in [4.78, 5) is 14.8. The first-order chi connectivity index (χ1) is 12.1. The molecule has 1 aromatic heterocycles. The van der Waals surface area contributed by atoms with Crippen LogP contribution in [-0.2, 0) is 17.8 Å². The van der Waals surface area contributed by atoms with Crippen molar-refractivity contribution in [2.24, 2.45) is 0 Å². The first kappa shape index (κ1) is 17.5. The van der Waals surface area contributed by atoms with E-state index < -0.39 is 0 Å². The molecule has 1 amide bonds. The second kappa shape index (κ2) is 7.72. The minimum absolute atomic E-state index is 0.231. The van der Waals surface area contributed by atoms with E-state index in [9.17, 15) is 4.79 Å². The molecule has 1 fully saturated rings. The Labute approximate surface area is 149 Å². The molecule has 1 saturated heterocycles. The van der Waals surface area contributed by atoms with E-state index in [0.29, 0.717) is 12.8 Å². The van der Waals surface area contributed by atoms with Crippen molar-refractivity contribution in [3.05, 3.63) is 47.3 Å². The Morgan fingerprint density at radius 3 is 2.84 bits per heavy atom. The van der Waals surface area contributed by atoms with Crippen molar-refractivity contribution in [2.75, 3.05) is 13.7 Å². The topological polar surface area (TPSA) is 47.4 Å². The molecule has 0 spiro atoms. The molecule has 134 valence electrons. The molecule has 2 heterocycles. The van der Waals surface area contributed by atoms with E-state index in [1.54, 1.807) is 7.11 Å². The summed E-state index contributed by atoms with van der Waals surface area (Å²) in [6.45, 7) is 5.73. The maximum atomic E-state index is 12.8. The lowest BCUT2D eigenvalue weighted by Crippen LogP contribution is -2.38. The molecule has 3 rings (SSSR count). The van der Waals surface area contributed by atoms with Crippen molar-refractivity contribution < 1.29 is 9.53 Å². The lowest BCUT2D eigenvalue weighted by Gasteiger charge is -2.25. The highest BCUT2D eigenvalue weighted by Crippen LogP contribution is 2.23. The van der Waals surface area contributed by atoms with E-state index in [2.05, 4.69) is 18.1 Å². The SMILES string of the molecule is COc1ccccc1CCC(=O)N1CCCC1Cn1nc(C)cc1C. The summed E-state index contributed by atoms with van der Waals surface area (Å²) in [5.74, 6) is 1.09. The van der Waals surface area contributed by atoms with Crippen LogP contribution in [0.3, 0.4) is 0 Å². The number of methoxy groups -OCH3 is 1. The van der Waals surface area contributed by atoms with E-state index in [-0.39, 0.29) is 11.9 Å². The fourth-order valence-electron chi connectivity index (χ4n) is 3.71. The van der Waals surface area contributed by atoms with Crippen molar-refractivity contribution in [2.45, 2.75) is 52.1 Å². The third-order valence-electron chi connectivity index (χ3n) is 4.99. The third-order valence-corrected chi connectivity index (χ3v) is 4.99. The second-order valence-electron chi connectivity index (χ2n) is 6.80. The maximum absolute atomic E-state index is 12.8. The quantitative estimate of drug-likeness (QED) is 0.811. The Balaban J connectivity index is 1.61. The Morgan fingerprint density at radius 2 is 2.12 bits per heavy atom. The predicted molar refractivity (Wildman–Crippen MR) is 97.8 cm³/mol. The standard InChI is InChI=1S/C20H27N3O2/c1-15-13-16(2)23(21-15)14-18-8-6-12-22(18)20(24)11-10-17-7-4-5-9-19(17)25-3/h4-5,7,9,13,18H,6,8,10-12,14H2,1-3H3. The number of amides is 1. The maximum Gasteiger partial charge on any atom is 0.223 e. The van der Waals surface area contributed by atoms with E-state index in [1.807, 2.05) is 40.8 Å². The molecular formula is C20H27N3O2. The molecule has 0 bridgehead atoms. The summed E-state index contributed by atoms with van der Waals surface area (Å²) in [6, 6.07) is 10.3. The smallest absolute Gasteiger partial charge is 0.223 e. The third kappa shape index (κ3) is 4.03. The van der Waals surface area contributed by atoms with Gasteiger partial charge in [-0.1, -0.05) is 18.2 Å². The highest BCUT2D eigenvalue weighted by Gasteiger charge is 2.29. The minimum Gasteiger partial charge on any atom is -0.496 e. The molecule has 1 aliphatic heterocycles. The molecule has 1 aromatic carbocycles. The largest absolute Gasteiger partial charge is 0.496 e. The van der Waals surface area contributed by atoms with E-state index in [0.717, 1.165) is 48.6 Å². The highest BCUT2D eigenvalue weighted by atomic mass is 16.5. The zero-order chi connectivity index (χ0) is 17.8. The zero-order valence-corrected chi connectivity index (χ0v) is 15.4. The van der Waals surface area contributed by atoms with Crippen molar-refractivity contribution in [3.8, 4) is 5.75 Å². The number of carbonyl (C=O) groups excluding carboxylic acids is 1. The average molecular weight is 341 g/mol. The molecule has 0 N–H and O–H groups in total. The Kier molecular flexibility index (Phi) is 5.41. The van der Waals surface area contributed by atoms with Gasteiger partial charge < -0.3 is 9.64 Å². The van der Waals surface area contributed by atoms with E-state index >= 15 is 0 Å². The number of aryl methyl sites for hydroxylation is 3. The van der Waals surface area contributed by atoms with Gasteiger partial charge in [-0.3, -0.25) is 9.48 Å². The number of benzene rings is 1. The normalized spacial score (nSPS) is 17.1. The number of para-hydroxylation sites is 1. The summed E-state index contributed by atoms with van der Waals surface area (Å²) >= 11 is 0. The fourth-order valence-corrected chi connectivity index (χ4v) is 3.71. The Bertz CT molecular complexity index is 738. The average Bonchev–Trinajstić information content (AvgIpc) is 3.19. The van der Waals surface area contributed by atoms with Crippen LogP contribution in [0, 0.1) is 13.8 Å². The van der Waals surface area contributed by atoms with E-state index in [4.69, 9.17) is 4.74 Å². The number of ether oxygens (including phenoxy) is 1. The number of hydrogen-bond donors (Lipinski definition) is 0. The van der Waals surface area contributed by atoms with Crippen LogP contribution in [-0.4, -0.2) is 40.3 Å². The van der Waals surface area contributed by atoms with Gasteiger partial charge in [-0.15, -0.1) is 0 Å². The van der Waals surface area contributed by atoms with Crippen LogP contribution in [0.1, 0.15) is 36.2 Å². The van der Waals surface area contributed by atoms with Gasteiger partial charge in [0.05, 0.1) is 25.4 Å². The predicted octanol–water partition coefficient (Wildman–Crippen LogP) is 3.13. The van der Waals surface area contributed by atoms with Crippen molar-refractivity contribution >= 4 is 5.91 Å². The second-order valence-corrected chi connectivity index (χ2v) is 6.80. The first-order valence-corrected chi connectivity index (χ1v) is 9.01. The number of hydrogen-bond acceptors (Lipinski definition) is 3. The first-order valence-electron chi connectivity index (χ1n) is 9.01. The van der Waals surface area contributed by atoms with Crippen molar-refractivity contribution in [1.82, 2.24) is 14.7 Å². The lowest BCUT2D eigenvalue weighted by atomic mass is 10.1. The van der Waals surface area contributed by atoms with Crippen LogP contribution in [0.25, 0.3) is 0 Å². The Morgan fingerprint density at radius 1 is 1.32 bits per heavy atom. The molecule has 0 aliphatic carbocycles. The van der Waals surface area contributed by atoms with Crippen LogP contribution in [0.15, 0.2) is 30.3 Å². The number of nitrogens with zero attached hydrogens (tertiary/aromatic N) is 3. The summed E-state index contributed by atoms with van der Waals surface area (Å²) in [7, 11) is 1.67. The Hall–Kier alpha value is -2.30. The molecule has 5 nitrogen and oxygen atoms in total. The number of rotatable bonds is 6. The molecule has 25 heavy (non-hydrogen) atoms. The molecular weight excluding hydrogens is 314 g/mol. The molecule has 5 heteroatoms. The molecule has 1 atom stereocenters. The van der Waals surface area contributed by atoms with Gasteiger partial charge in [0.15, 0.2) is 0 Å². The van der Waals surface area contributed by atoms with Crippen LogP contribution in [0.5, 0.6) is 5.75 Å². The van der Waals surface area contributed by atoms with E-state index in [1.165, 1.54) is 0 Å². The lowest BCUT2D eigenvalue weighted by molar-refractivity contribution is -0.132. The number of carbonyl (C=O) groups is 1. The fraction of sp³-hybridized carbons (Fsp3) is 0.500. The molecule has 1 aliphatic rings. The zero-order valence-electron chi connectivity index (χ0n) is 15.4. The molecule has 1 unspecified atom stereocenters. The van der Waals surface area contributed by atoms with Gasteiger partial charge in [-0.05, 0) is 50.8 Å². The van der Waals surface area contributed by atoms with Crippen LogP contribution >= 0.6 is 0 Å². The summed E-state index contributed by atoms with van der Waals surface area (Å²) in [5, 5.41) is 4.55. The van der Waals surface area contributed by atoms with Crippen LogP contribution in [0.2, 0.25) is 0 Å². The summed E-state index contributed by atoms with van der Waals surface area (Å²) < 4.78 is 7.42. The molecule has 2 aromatic rings. The van der Waals surface area contributed by atoms with Crippen LogP contribution < -0.4 is 4.74 Å². The van der Waals surface area contributed by atoms with Crippen molar-refractivity contribution in [1.29, 1.82) is 0 Å². The van der Waals surface area contributed by atoms with Gasteiger partial charge >= 0.3 is 0 Å². The molecule has 0 saturated carbocycles.